The first kappa shape index (κ1) is 18.4. The van der Waals surface area contributed by atoms with Crippen LogP contribution in [0.2, 0.25) is 0 Å². The van der Waals surface area contributed by atoms with E-state index in [1.54, 1.807) is 18.8 Å². The molecule has 0 fully saturated rings. The lowest BCUT2D eigenvalue weighted by molar-refractivity contribution is 0.0635. The molecule has 0 saturated heterocycles. The van der Waals surface area contributed by atoms with E-state index in [2.05, 4.69) is 23.2 Å². The smallest absolute Gasteiger partial charge is 0.169 e. The van der Waals surface area contributed by atoms with Crippen LogP contribution in [0.25, 0.3) is 5.69 Å². The fraction of sp³-hybridized carbons (Fsp3) is 0.333. The number of benzene rings is 2. The number of ether oxygens (including phenoxy) is 3. The molecule has 1 aliphatic rings. The Labute approximate surface area is 162 Å². The Morgan fingerprint density at radius 1 is 1.14 bits per heavy atom. The Kier molecular flexibility index (Phi) is 5.00. The average Bonchev–Trinajstić information content (AvgIpc) is 3.08. The predicted octanol–water partition coefficient (Wildman–Crippen LogP) is 3.94. The average molecular weight is 383 g/mol. The number of aromatic nitrogens is 3. The molecule has 6 nitrogen and oxygen atoms in total. The maximum atomic E-state index is 13.6. The van der Waals surface area contributed by atoms with E-state index in [0.29, 0.717) is 17.3 Å². The number of hydrogen-bond acceptors (Lipinski definition) is 5. The highest BCUT2D eigenvalue weighted by Gasteiger charge is 2.30. The van der Waals surface area contributed by atoms with Gasteiger partial charge in [-0.1, -0.05) is 31.2 Å². The molecule has 0 amide bonds. The molecule has 0 spiro atoms. The van der Waals surface area contributed by atoms with Crippen molar-refractivity contribution < 1.29 is 18.6 Å². The van der Waals surface area contributed by atoms with Crippen molar-refractivity contribution in [1.29, 1.82) is 0 Å². The summed E-state index contributed by atoms with van der Waals surface area (Å²) in [4.78, 5) is 0. The third-order valence-corrected chi connectivity index (χ3v) is 5.04. The van der Waals surface area contributed by atoms with Crippen LogP contribution in [0.1, 0.15) is 41.4 Å². The molecule has 4 rings (SSSR count). The van der Waals surface area contributed by atoms with E-state index >= 15 is 0 Å². The number of aryl methyl sites for hydroxylation is 1. The molecule has 7 heteroatoms. The molecule has 0 aliphatic carbocycles. The van der Waals surface area contributed by atoms with Gasteiger partial charge in [-0.3, -0.25) is 4.57 Å². The molecular weight excluding hydrogens is 361 g/mol. The van der Waals surface area contributed by atoms with Crippen LogP contribution in [-0.2, 0) is 24.4 Å². The SMILES string of the molecule is CCc1ccc2c(c1)[C@@H](c1cccc(OC)c1OC)OCc1nnc(CF)n1-2. The van der Waals surface area contributed by atoms with Gasteiger partial charge in [-0.2, -0.15) is 0 Å². The molecule has 0 bridgehead atoms. The van der Waals surface area contributed by atoms with Crippen LogP contribution in [-0.4, -0.2) is 29.0 Å². The molecular formula is C21H22FN3O3. The third kappa shape index (κ3) is 2.92. The topological polar surface area (TPSA) is 58.4 Å². The highest BCUT2D eigenvalue weighted by Crippen LogP contribution is 2.42. The van der Waals surface area contributed by atoms with Crippen LogP contribution in [0, 0.1) is 0 Å². The Morgan fingerprint density at radius 3 is 2.71 bits per heavy atom. The van der Waals surface area contributed by atoms with E-state index in [0.717, 1.165) is 28.8 Å². The molecule has 1 aromatic heterocycles. The third-order valence-electron chi connectivity index (χ3n) is 5.04. The molecule has 3 aromatic rings. The van der Waals surface area contributed by atoms with Gasteiger partial charge < -0.3 is 14.2 Å². The number of halogens is 1. The van der Waals surface area contributed by atoms with Gasteiger partial charge in [0.25, 0.3) is 0 Å². The zero-order valence-electron chi connectivity index (χ0n) is 16.1. The minimum atomic E-state index is -0.699. The Morgan fingerprint density at radius 2 is 2.00 bits per heavy atom. The van der Waals surface area contributed by atoms with Crippen molar-refractivity contribution in [3.63, 3.8) is 0 Å². The van der Waals surface area contributed by atoms with Crippen LogP contribution in [0.15, 0.2) is 36.4 Å². The van der Waals surface area contributed by atoms with E-state index in [-0.39, 0.29) is 12.4 Å². The molecule has 0 unspecified atom stereocenters. The number of para-hydroxylation sites is 1. The second-order valence-corrected chi connectivity index (χ2v) is 6.52. The molecule has 0 radical (unpaired) electrons. The molecule has 0 N–H and O–H groups in total. The molecule has 0 saturated carbocycles. The van der Waals surface area contributed by atoms with Crippen molar-refractivity contribution >= 4 is 0 Å². The minimum absolute atomic E-state index is 0.203. The number of hydrogen-bond donors (Lipinski definition) is 0. The Balaban J connectivity index is 1.95. The summed E-state index contributed by atoms with van der Waals surface area (Å²) >= 11 is 0. The van der Waals surface area contributed by atoms with Crippen LogP contribution in [0.3, 0.4) is 0 Å². The van der Waals surface area contributed by atoms with Gasteiger partial charge in [0.2, 0.25) is 0 Å². The van der Waals surface area contributed by atoms with Crippen molar-refractivity contribution in [3.8, 4) is 17.2 Å². The zero-order chi connectivity index (χ0) is 19.7. The summed E-state index contributed by atoms with van der Waals surface area (Å²) in [5, 5.41) is 8.10. The molecule has 146 valence electrons. The highest BCUT2D eigenvalue weighted by atomic mass is 19.1. The molecule has 28 heavy (non-hydrogen) atoms. The maximum Gasteiger partial charge on any atom is 0.169 e. The number of methoxy groups -OCH3 is 2. The van der Waals surface area contributed by atoms with Gasteiger partial charge in [0.15, 0.2) is 23.1 Å². The van der Waals surface area contributed by atoms with Crippen LogP contribution >= 0.6 is 0 Å². The number of fused-ring (bicyclic) bond motifs is 3. The van der Waals surface area contributed by atoms with Gasteiger partial charge in [-0.25, -0.2) is 4.39 Å². The summed E-state index contributed by atoms with van der Waals surface area (Å²) in [5.74, 6) is 2.08. The first-order valence-corrected chi connectivity index (χ1v) is 9.16. The largest absolute Gasteiger partial charge is 0.493 e. The van der Waals surface area contributed by atoms with Gasteiger partial charge >= 0.3 is 0 Å². The van der Waals surface area contributed by atoms with E-state index in [1.807, 2.05) is 30.3 Å². The molecule has 2 aromatic carbocycles. The molecule has 1 atom stereocenters. The summed E-state index contributed by atoms with van der Waals surface area (Å²) in [6.07, 6.45) is 0.459. The maximum absolute atomic E-state index is 13.6. The summed E-state index contributed by atoms with van der Waals surface area (Å²) < 4.78 is 32.7. The summed E-state index contributed by atoms with van der Waals surface area (Å²) in [6, 6.07) is 11.8. The summed E-state index contributed by atoms with van der Waals surface area (Å²) in [5.41, 5.74) is 3.74. The monoisotopic (exact) mass is 383 g/mol. The Bertz CT molecular complexity index is 1000. The lowest BCUT2D eigenvalue weighted by atomic mass is 9.96. The van der Waals surface area contributed by atoms with E-state index < -0.39 is 12.8 Å². The number of alkyl halides is 1. The zero-order valence-corrected chi connectivity index (χ0v) is 16.1. The quantitative estimate of drug-likeness (QED) is 0.668. The normalized spacial score (nSPS) is 15.5. The van der Waals surface area contributed by atoms with Crippen LogP contribution in [0.4, 0.5) is 4.39 Å². The summed E-state index contributed by atoms with van der Waals surface area (Å²) in [6.45, 7) is 1.60. The van der Waals surface area contributed by atoms with Crippen LogP contribution < -0.4 is 9.47 Å². The van der Waals surface area contributed by atoms with E-state index in [4.69, 9.17) is 14.2 Å². The van der Waals surface area contributed by atoms with Crippen molar-refractivity contribution in [3.05, 3.63) is 64.7 Å². The van der Waals surface area contributed by atoms with Gasteiger partial charge in [0, 0.05) is 11.1 Å². The Hall–Kier alpha value is -2.93. The lowest BCUT2D eigenvalue weighted by Gasteiger charge is -2.22. The van der Waals surface area contributed by atoms with Gasteiger partial charge in [0.1, 0.15) is 19.4 Å². The second kappa shape index (κ2) is 7.59. The fourth-order valence-electron chi connectivity index (χ4n) is 3.67. The van der Waals surface area contributed by atoms with Gasteiger partial charge in [-0.05, 0) is 24.1 Å². The first-order valence-electron chi connectivity index (χ1n) is 9.16. The summed E-state index contributed by atoms with van der Waals surface area (Å²) in [7, 11) is 3.21. The first-order chi connectivity index (χ1) is 13.7. The van der Waals surface area contributed by atoms with E-state index in [1.165, 1.54) is 0 Å². The van der Waals surface area contributed by atoms with Crippen molar-refractivity contribution in [1.82, 2.24) is 14.8 Å². The number of rotatable bonds is 5. The number of nitrogens with zero attached hydrogens (tertiary/aromatic N) is 3. The minimum Gasteiger partial charge on any atom is -0.493 e. The molecule has 1 aliphatic heterocycles. The lowest BCUT2D eigenvalue weighted by Crippen LogP contribution is -2.10. The van der Waals surface area contributed by atoms with Crippen molar-refractivity contribution in [2.45, 2.75) is 32.7 Å². The van der Waals surface area contributed by atoms with Crippen molar-refractivity contribution in [2.24, 2.45) is 0 Å². The second-order valence-electron chi connectivity index (χ2n) is 6.52. The molecule has 2 heterocycles. The van der Waals surface area contributed by atoms with Gasteiger partial charge in [-0.15, -0.1) is 10.2 Å². The standard InChI is InChI=1S/C21H22FN3O3/c1-4-13-8-9-16-15(10-13)20(14-6-5-7-17(26-2)21(14)27-3)28-12-19-24-23-18(11-22)25(16)19/h5-10,20H,4,11-12H2,1-3H3/t20-/m1/s1. The van der Waals surface area contributed by atoms with Crippen LogP contribution in [0.5, 0.6) is 11.5 Å². The van der Waals surface area contributed by atoms with Crippen molar-refractivity contribution in [2.75, 3.05) is 14.2 Å². The fourth-order valence-corrected chi connectivity index (χ4v) is 3.67. The van der Waals surface area contributed by atoms with Gasteiger partial charge in [0.05, 0.1) is 19.9 Å². The highest BCUT2D eigenvalue weighted by molar-refractivity contribution is 5.55. The predicted molar refractivity (Wildman–Crippen MR) is 102 cm³/mol. The van der Waals surface area contributed by atoms with E-state index in [9.17, 15) is 4.39 Å².